The molecule has 1 aromatic rings. The van der Waals surface area contributed by atoms with E-state index in [0.29, 0.717) is 18.5 Å². The zero-order chi connectivity index (χ0) is 14.5. The molecule has 3 rings (SSSR count). The van der Waals surface area contributed by atoms with Crippen molar-refractivity contribution in [1.29, 1.82) is 0 Å². The molecule has 0 atom stereocenters. The Morgan fingerprint density at radius 2 is 1.86 bits per heavy atom. The van der Waals surface area contributed by atoms with Gasteiger partial charge in [-0.05, 0) is 25.7 Å². The number of amides is 1. The maximum absolute atomic E-state index is 11.9. The highest BCUT2D eigenvalue weighted by Gasteiger charge is 2.28. The number of aromatic amines is 1. The summed E-state index contributed by atoms with van der Waals surface area (Å²) in [4.78, 5) is 16.2. The number of hydrogen-bond donors (Lipinski definition) is 3. The zero-order valence-electron chi connectivity index (χ0n) is 12.5. The van der Waals surface area contributed by atoms with E-state index in [1.807, 2.05) is 0 Å². The van der Waals surface area contributed by atoms with Crippen molar-refractivity contribution in [3.63, 3.8) is 0 Å². The van der Waals surface area contributed by atoms with Gasteiger partial charge in [0.05, 0.1) is 0 Å². The van der Waals surface area contributed by atoms with Crippen LogP contribution in [0.2, 0.25) is 0 Å². The fourth-order valence-corrected chi connectivity index (χ4v) is 2.93. The first-order valence-corrected chi connectivity index (χ1v) is 8.27. The molecule has 116 valence electrons. The normalized spacial score (nSPS) is 20.2. The van der Waals surface area contributed by atoms with E-state index >= 15 is 0 Å². The van der Waals surface area contributed by atoms with Crippen LogP contribution in [-0.4, -0.2) is 40.2 Å². The van der Waals surface area contributed by atoms with Gasteiger partial charge in [0.25, 0.3) is 5.91 Å². The topological polar surface area (TPSA) is 82.7 Å². The van der Waals surface area contributed by atoms with Crippen LogP contribution in [0.3, 0.4) is 0 Å². The maximum atomic E-state index is 11.9. The van der Waals surface area contributed by atoms with Crippen LogP contribution < -0.4 is 10.6 Å². The van der Waals surface area contributed by atoms with Crippen LogP contribution in [-0.2, 0) is 0 Å². The Bertz CT molecular complexity index is 460. The Kier molecular flexibility index (Phi) is 4.85. The summed E-state index contributed by atoms with van der Waals surface area (Å²) in [6.07, 6.45) is 10.2. The summed E-state index contributed by atoms with van der Waals surface area (Å²) in [5.74, 6) is 1.44. The van der Waals surface area contributed by atoms with Crippen LogP contribution in [0.5, 0.6) is 0 Å². The second-order valence-electron chi connectivity index (χ2n) is 6.22. The van der Waals surface area contributed by atoms with E-state index in [2.05, 4.69) is 25.8 Å². The van der Waals surface area contributed by atoms with Crippen molar-refractivity contribution in [3.8, 4) is 0 Å². The highest BCUT2D eigenvalue weighted by Crippen LogP contribution is 2.37. The molecule has 2 aliphatic carbocycles. The van der Waals surface area contributed by atoms with Gasteiger partial charge >= 0.3 is 0 Å². The SMILES string of the molecule is O=C(NCCNC1CCCCCC1)c1n[nH]c(C2CC2)n1. The van der Waals surface area contributed by atoms with Gasteiger partial charge in [0.1, 0.15) is 5.82 Å². The minimum atomic E-state index is -0.180. The summed E-state index contributed by atoms with van der Waals surface area (Å²) in [6, 6.07) is 0.620. The molecule has 6 nitrogen and oxygen atoms in total. The quantitative estimate of drug-likeness (QED) is 0.550. The third-order valence-corrected chi connectivity index (χ3v) is 4.37. The lowest BCUT2D eigenvalue weighted by Gasteiger charge is -2.15. The second-order valence-corrected chi connectivity index (χ2v) is 6.22. The summed E-state index contributed by atoms with van der Waals surface area (Å²) in [7, 11) is 0. The van der Waals surface area contributed by atoms with Gasteiger partial charge in [0, 0.05) is 25.0 Å². The highest BCUT2D eigenvalue weighted by molar-refractivity contribution is 5.90. The molecule has 0 bridgehead atoms. The minimum absolute atomic E-state index is 0.180. The van der Waals surface area contributed by atoms with Gasteiger partial charge in [-0.15, -0.1) is 5.10 Å². The van der Waals surface area contributed by atoms with E-state index in [0.717, 1.165) is 25.2 Å². The first-order valence-electron chi connectivity index (χ1n) is 8.27. The number of carbonyl (C=O) groups is 1. The summed E-state index contributed by atoms with van der Waals surface area (Å²) < 4.78 is 0. The van der Waals surface area contributed by atoms with Gasteiger partial charge in [-0.1, -0.05) is 25.7 Å². The van der Waals surface area contributed by atoms with E-state index in [4.69, 9.17) is 0 Å². The number of carbonyl (C=O) groups excluding carboxylic acids is 1. The molecule has 0 saturated heterocycles. The average Bonchev–Trinajstić information content (AvgIpc) is 3.28. The molecule has 2 aliphatic rings. The number of nitrogens with zero attached hydrogens (tertiary/aromatic N) is 2. The van der Waals surface area contributed by atoms with E-state index < -0.39 is 0 Å². The van der Waals surface area contributed by atoms with Crippen molar-refractivity contribution < 1.29 is 4.79 Å². The van der Waals surface area contributed by atoms with E-state index in [1.165, 1.54) is 38.5 Å². The zero-order valence-corrected chi connectivity index (χ0v) is 12.5. The molecule has 0 aliphatic heterocycles. The number of nitrogens with one attached hydrogen (secondary N) is 3. The molecule has 21 heavy (non-hydrogen) atoms. The molecule has 6 heteroatoms. The predicted octanol–water partition coefficient (Wildman–Crippen LogP) is 1.72. The Hall–Kier alpha value is -1.43. The summed E-state index contributed by atoms with van der Waals surface area (Å²) in [5.41, 5.74) is 0. The largest absolute Gasteiger partial charge is 0.348 e. The summed E-state index contributed by atoms with van der Waals surface area (Å²) in [5, 5.41) is 13.3. The van der Waals surface area contributed by atoms with E-state index in [9.17, 15) is 4.79 Å². The summed E-state index contributed by atoms with van der Waals surface area (Å²) in [6.45, 7) is 1.44. The number of hydrogen-bond acceptors (Lipinski definition) is 4. The van der Waals surface area contributed by atoms with Crippen LogP contribution in [0, 0.1) is 0 Å². The van der Waals surface area contributed by atoms with Crippen molar-refractivity contribution in [2.24, 2.45) is 0 Å². The predicted molar refractivity (Wildman–Crippen MR) is 80.2 cm³/mol. The lowest BCUT2D eigenvalue weighted by molar-refractivity contribution is 0.0943. The van der Waals surface area contributed by atoms with Crippen molar-refractivity contribution in [1.82, 2.24) is 25.8 Å². The highest BCUT2D eigenvalue weighted by atomic mass is 16.2. The Morgan fingerprint density at radius 1 is 1.10 bits per heavy atom. The Morgan fingerprint density at radius 3 is 2.57 bits per heavy atom. The van der Waals surface area contributed by atoms with Crippen molar-refractivity contribution in [2.75, 3.05) is 13.1 Å². The van der Waals surface area contributed by atoms with Crippen LogP contribution in [0.15, 0.2) is 0 Å². The van der Waals surface area contributed by atoms with Gasteiger partial charge in [0.2, 0.25) is 5.82 Å². The first kappa shape index (κ1) is 14.5. The Balaban J connectivity index is 1.35. The molecule has 0 radical (unpaired) electrons. The molecule has 3 N–H and O–H groups in total. The van der Waals surface area contributed by atoms with Crippen molar-refractivity contribution >= 4 is 5.91 Å². The molecule has 1 amide bonds. The smallest absolute Gasteiger partial charge is 0.291 e. The average molecular weight is 291 g/mol. The third kappa shape index (κ3) is 4.27. The Labute approximate surface area is 125 Å². The standard InChI is InChI=1S/C15H25N5O/c21-15(14-18-13(19-20-14)11-7-8-11)17-10-9-16-12-5-3-1-2-4-6-12/h11-12,16H,1-10H2,(H,17,21)(H,18,19,20). The van der Waals surface area contributed by atoms with Gasteiger partial charge < -0.3 is 10.6 Å². The van der Waals surface area contributed by atoms with Crippen LogP contribution >= 0.6 is 0 Å². The van der Waals surface area contributed by atoms with Gasteiger partial charge in [0.15, 0.2) is 0 Å². The van der Waals surface area contributed by atoms with Gasteiger partial charge in [-0.2, -0.15) is 0 Å². The molecule has 1 heterocycles. The lowest BCUT2D eigenvalue weighted by Crippen LogP contribution is -2.37. The molecule has 1 aromatic heterocycles. The van der Waals surface area contributed by atoms with Crippen molar-refractivity contribution in [2.45, 2.75) is 63.3 Å². The number of aromatic nitrogens is 3. The summed E-state index contributed by atoms with van der Waals surface area (Å²) >= 11 is 0. The lowest BCUT2D eigenvalue weighted by atomic mass is 10.1. The van der Waals surface area contributed by atoms with E-state index in [-0.39, 0.29) is 11.7 Å². The number of rotatable bonds is 6. The van der Waals surface area contributed by atoms with E-state index in [1.54, 1.807) is 0 Å². The number of H-pyrrole nitrogens is 1. The fourth-order valence-electron chi connectivity index (χ4n) is 2.93. The third-order valence-electron chi connectivity index (χ3n) is 4.37. The molecular formula is C15H25N5O. The second kappa shape index (κ2) is 7.02. The van der Waals surface area contributed by atoms with Crippen molar-refractivity contribution in [3.05, 3.63) is 11.6 Å². The maximum Gasteiger partial charge on any atom is 0.291 e. The molecule has 2 saturated carbocycles. The molecule has 0 aromatic carbocycles. The van der Waals surface area contributed by atoms with Gasteiger partial charge in [-0.3, -0.25) is 9.89 Å². The molecule has 2 fully saturated rings. The van der Waals surface area contributed by atoms with Crippen LogP contribution in [0.25, 0.3) is 0 Å². The molecule has 0 spiro atoms. The van der Waals surface area contributed by atoms with Crippen LogP contribution in [0.1, 0.15) is 73.7 Å². The molecular weight excluding hydrogens is 266 g/mol. The van der Waals surface area contributed by atoms with Crippen LogP contribution in [0.4, 0.5) is 0 Å². The fraction of sp³-hybridized carbons (Fsp3) is 0.800. The molecule has 0 unspecified atom stereocenters. The first-order chi connectivity index (χ1) is 10.3. The van der Waals surface area contributed by atoms with Gasteiger partial charge in [-0.25, -0.2) is 4.98 Å². The minimum Gasteiger partial charge on any atom is -0.348 e. The monoisotopic (exact) mass is 291 g/mol.